The van der Waals surface area contributed by atoms with Gasteiger partial charge in [-0.3, -0.25) is 0 Å². The van der Waals surface area contributed by atoms with Crippen molar-refractivity contribution in [2.45, 2.75) is 58.5 Å². The van der Waals surface area contributed by atoms with E-state index >= 15 is 0 Å². The molecule has 0 spiro atoms. The van der Waals surface area contributed by atoms with Gasteiger partial charge in [0.2, 0.25) is 0 Å². The van der Waals surface area contributed by atoms with Crippen LogP contribution in [0, 0.1) is 17.8 Å². The molecule has 0 radical (unpaired) electrons. The molecular weight excluding hydrogens is 200 g/mol. The Morgan fingerprint density at radius 2 is 2.12 bits per heavy atom. The molecular formula is C14H28O2. The van der Waals surface area contributed by atoms with E-state index in [2.05, 4.69) is 13.8 Å². The van der Waals surface area contributed by atoms with Gasteiger partial charge in [0.25, 0.3) is 0 Å². The summed E-state index contributed by atoms with van der Waals surface area (Å²) in [4.78, 5) is 0. The van der Waals surface area contributed by atoms with E-state index in [9.17, 15) is 5.11 Å². The fraction of sp³-hybridized carbons (Fsp3) is 1.00. The summed E-state index contributed by atoms with van der Waals surface area (Å²) in [6.45, 7) is 5.35. The Labute approximate surface area is 100 Å². The predicted octanol–water partition coefficient (Wildman–Crippen LogP) is 3.24. The number of hydrogen-bond donors (Lipinski definition) is 1. The number of methoxy groups -OCH3 is 1. The van der Waals surface area contributed by atoms with Crippen molar-refractivity contribution in [1.82, 2.24) is 0 Å². The van der Waals surface area contributed by atoms with Crippen LogP contribution in [0.5, 0.6) is 0 Å². The summed E-state index contributed by atoms with van der Waals surface area (Å²) in [7, 11) is 1.75. The van der Waals surface area contributed by atoms with Crippen LogP contribution in [-0.4, -0.2) is 24.9 Å². The molecule has 0 amide bonds. The van der Waals surface area contributed by atoms with Gasteiger partial charge in [-0.25, -0.2) is 0 Å². The summed E-state index contributed by atoms with van der Waals surface area (Å²) >= 11 is 0. The van der Waals surface area contributed by atoms with Gasteiger partial charge < -0.3 is 9.84 Å². The van der Waals surface area contributed by atoms with Crippen LogP contribution in [0.15, 0.2) is 0 Å². The summed E-state index contributed by atoms with van der Waals surface area (Å²) in [5.74, 6) is 1.94. The van der Waals surface area contributed by atoms with E-state index in [1.165, 1.54) is 25.7 Å². The first-order valence-corrected chi connectivity index (χ1v) is 6.86. The maximum Gasteiger partial charge on any atom is 0.0571 e. The average molecular weight is 228 g/mol. The molecule has 0 aromatic carbocycles. The van der Waals surface area contributed by atoms with Crippen molar-refractivity contribution in [2.24, 2.45) is 17.8 Å². The van der Waals surface area contributed by atoms with E-state index in [-0.39, 0.29) is 6.10 Å². The Hall–Kier alpha value is -0.0800. The van der Waals surface area contributed by atoms with Crippen LogP contribution in [0.4, 0.5) is 0 Å². The predicted molar refractivity (Wildman–Crippen MR) is 67.4 cm³/mol. The van der Waals surface area contributed by atoms with Crippen molar-refractivity contribution in [3.8, 4) is 0 Å². The standard InChI is InChI=1S/C14H28O2/c1-4-5-12-6-7-14(15)13(10-12)11(2)8-9-16-3/h11-15H,4-10H2,1-3H3. The molecule has 16 heavy (non-hydrogen) atoms. The van der Waals surface area contributed by atoms with E-state index in [4.69, 9.17) is 4.74 Å². The van der Waals surface area contributed by atoms with E-state index < -0.39 is 0 Å². The minimum Gasteiger partial charge on any atom is -0.393 e. The van der Waals surface area contributed by atoms with Crippen LogP contribution in [0.2, 0.25) is 0 Å². The molecule has 4 unspecified atom stereocenters. The number of aliphatic hydroxyl groups is 1. The normalized spacial score (nSPS) is 32.6. The zero-order valence-electron chi connectivity index (χ0n) is 11.1. The van der Waals surface area contributed by atoms with Gasteiger partial charge in [-0.05, 0) is 43.4 Å². The number of aliphatic hydroxyl groups excluding tert-OH is 1. The van der Waals surface area contributed by atoms with Crippen LogP contribution in [-0.2, 0) is 4.74 Å². The zero-order valence-corrected chi connectivity index (χ0v) is 11.1. The number of ether oxygens (including phenoxy) is 1. The fourth-order valence-electron chi connectivity index (χ4n) is 3.08. The Morgan fingerprint density at radius 3 is 2.75 bits per heavy atom. The lowest BCUT2D eigenvalue weighted by molar-refractivity contribution is 0.0114. The van der Waals surface area contributed by atoms with Gasteiger partial charge in [-0.15, -0.1) is 0 Å². The molecule has 1 rings (SSSR count). The smallest absolute Gasteiger partial charge is 0.0571 e. The van der Waals surface area contributed by atoms with Gasteiger partial charge in [-0.1, -0.05) is 26.7 Å². The van der Waals surface area contributed by atoms with Gasteiger partial charge in [0.05, 0.1) is 6.10 Å². The van der Waals surface area contributed by atoms with Gasteiger partial charge in [0.1, 0.15) is 0 Å². The maximum atomic E-state index is 10.1. The molecule has 1 fully saturated rings. The first kappa shape index (κ1) is 14.0. The van der Waals surface area contributed by atoms with Crippen molar-refractivity contribution < 1.29 is 9.84 Å². The maximum absolute atomic E-state index is 10.1. The molecule has 96 valence electrons. The molecule has 2 heteroatoms. The molecule has 0 heterocycles. The van der Waals surface area contributed by atoms with E-state index in [0.29, 0.717) is 11.8 Å². The lowest BCUT2D eigenvalue weighted by Crippen LogP contribution is -2.34. The molecule has 2 nitrogen and oxygen atoms in total. The molecule has 1 aliphatic carbocycles. The highest BCUT2D eigenvalue weighted by Gasteiger charge is 2.32. The minimum absolute atomic E-state index is 0.0695. The van der Waals surface area contributed by atoms with E-state index in [1.807, 2.05) is 0 Å². The first-order chi connectivity index (χ1) is 7.69. The van der Waals surface area contributed by atoms with Crippen molar-refractivity contribution in [2.75, 3.05) is 13.7 Å². The number of hydrogen-bond acceptors (Lipinski definition) is 2. The zero-order chi connectivity index (χ0) is 12.0. The van der Waals surface area contributed by atoms with Crippen LogP contribution >= 0.6 is 0 Å². The highest BCUT2D eigenvalue weighted by Crippen LogP contribution is 2.37. The lowest BCUT2D eigenvalue weighted by Gasteiger charge is -2.37. The van der Waals surface area contributed by atoms with Crippen molar-refractivity contribution in [1.29, 1.82) is 0 Å². The van der Waals surface area contributed by atoms with Gasteiger partial charge in [-0.2, -0.15) is 0 Å². The van der Waals surface area contributed by atoms with Crippen molar-refractivity contribution in [3.63, 3.8) is 0 Å². The van der Waals surface area contributed by atoms with E-state index in [0.717, 1.165) is 25.4 Å². The van der Waals surface area contributed by atoms with Gasteiger partial charge in [0, 0.05) is 13.7 Å². The summed E-state index contributed by atoms with van der Waals surface area (Å²) in [5, 5.41) is 10.1. The van der Waals surface area contributed by atoms with Crippen LogP contribution < -0.4 is 0 Å². The van der Waals surface area contributed by atoms with Crippen LogP contribution in [0.25, 0.3) is 0 Å². The first-order valence-electron chi connectivity index (χ1n) is 6.86. The second kappa shape index (κ2) is 7.29. The van der Waals surface area contributed by atoms with Gasteiger partial charge in [0.15, 0.2) is 0 Å². The summed E-state index contributed by atoms with van der Waals surface area (Å²) in [6.07, 6.45) is 7.08. The topological polar surface area (TPSA) is 29.5 Å². The SMILES string of the molecule is CCCC1CCC(O)C(C(C)CCOC)C1. The molecule has 1 saturated carbocycles. The fourth-order valence-corrected chi connectivity index (χ4v) is 3.08. The summed E-state index contributed by atoms with van der Waals surface area (Å²) < 4.78 is 5.13. The van der Waals surface area contributed by atoms with Crippen LogP contribution in [0.3, 0.4) is 0 Å². The Balaban J connectivity index is 2.41. The quantitative estimate of drug-likeness (QED) is 0.756. The average Bonchev–Trinajstić information content (AvgIpc) is 2.29. The molecule has 0 aliphatic heterocycles. The molecule has 0 aromatic rings. The minimum atomic E-state index is -0.0695. The lowest BCUT2D eigenvalue weighted by atomic mass is 9.72. The van der Waals surface area contributed by atoms with Gasteiger partial charge >= 0.3 is 0 Å². The highest BCUT2D eigenvalue weighted by molar-refractivity contribution is 4.82. The Morgan fingerprint density at radius 1 is 1.38 bits per heavy atom. The van der Waals surface area contributed by atoms with Crippen molar-refractivity contribution >= 4 is 0 Å². The molecule has 0 saturated heterocycles. The van der Waals surface area contributed by atoms with Crippen LogP contribution in [0.1, 0.15) is 52.4 Å². The molecule has 1 aliphatic rings. The monoisotopic (exact) mass is 228 g/mol. The molecule has 0 aromatic heterocycles. The third kappa shape index (κ3) is 4.06. The third-order valence-corrected chi connectivity index (χ3v) is 4.18. The highest BCUT2D eigenvalue weighted by atomic mass is 16.5. The second-order valence-electron chi connectivity index (χ2n) is 5.46. The largest absolute Gasteiger partial charge is 0.393 e. The van der Waals surface area contributed by atoms with E-state index in [1.54, 1.807) is 7.11 Å². The summed E-state index contributed by atoms with van der Waals surface area (Å²) in [5.41, 5.74) is 0. The molecule has 1 N–H and O–H groups in total. The Bertz CT molecular complexity index is 182. The molecule has 4 atom stereocenters. The second-order valence-corrected chi connectivity index (χ2v) is 5.46. The number of rotatable bonds is 6. The molecule has 0 bridgehead atoms. The third-order valence-electron chi connectivity index (χ3n) is 4.18. The Kier molecular flexibility index (Phi) is 6.37. The summed E-state index contributed by atoms with van der Waals surface area (Å²) in [6, 6.07) is 0. The van der Waals surface area contributed by atoms with Crippen molar-refractivity contribution in [3.05, 3.63) is 0 Å².